The highest BCUT2D eigenvalue weighted by molar-refractivity contribution is 6.11. The lowest BCUT2D eigenvalue weighted by Gasteiger charge is -2.34. The Morgan fingerprint density at radius 1 is 1.05 bits per heavy atom. The molecule has 0 radical (unpaired) electrons. The number of ether oxygens (including phenoxy) is 2. The van der Waals surface area contributed by atoms with Crippen molar-refractivity contribution in [1.82, 2.24) is 14.9 Å². The highest BCUT2D eigenvalue weighted by Gasteiger charge is 2.34. The fraction of sp³-hybridized carbons (Fsp3) is 0.500. The van der Waals surface area contributed by atoms with Crippen molar-refractivity contribution in [2.75, 3.05) is 13.1 Å². The second kappa shape index (κ2) is 14.0. The van der Waals surface area contributed by atoms with Gasteiger partial charge in [0, 0.05) is 23.7 Å². The molecular formula is C28H38FN5O7. The molecule has 0 aliphatic carbocycles. The number of nitrogens with zero attached hydrogens (tertiary/aromatic N) is 3. The molecule has 2 aromatic heterocycles. The van der Waals surface area contributed by atoms with Crippen LogP contribution in [0.2, 0.25) is 0 Å². The third-order valence-corrected chi connectivity index (χ3v) is 6.33. The number of hydrogen-bond donors (Lipinski definition) is 3. The van der Waals surface area contributed by atoms with E-state index in [9.17, 15) is 28.7 Å². The fourth-order valence-electron chi connectivity index (χ4n) is 4.26. The Bertz CT molecular complexity index is 1270. The Labute approximate surface area is 238 Å². The van der Waals surface area contributed by atoms with Crippen LogP contribution in [0.15, 0.2) is 24.4 Å². The Balaban J connectivity index is 0.000000642. The van der Waals surface area contributed by atoms with Gasteiger partial charge in [0.2, 0.25) is 0 Å². The number of rotatable bonds is 7. The molecule has 224 valence electrons. The molecule has 3 heterocycles. The highest BCUT2D eigenvalue weighted by atomic mass is 19.1. The molecular weight excluding hydrogens is 537 g/mol. The minimum Gasteiger partial charge on any atom is -0.506 e. The van der Waals surface area contributed by atoms with Gasteiger partial charge in [0.25, 0.3) is 5.88 Å². The summed E-state index contributed by atoms with van der Waals surface area (Å²) in [5.41, 5.74) is 8.73. The zero-order chi connectivity index (χ0) is 31.1. The molecule has 2 aromatic rings. The average molecular weight is 576 g/mol. The molecule has 1 aliphatic heterocycles. The summed E-state index contributed by atoms with van der Waals surface area (Å²) in [5.74, 6) is -4.15. The van der Waals surface area contributed by atoms with E-state index < -0.39 is 46.9 Å². The second-order valence-corrected chi connectivity index (χ2v) is 10.9. The first-order chi connectivity index (χ1) is 19.0. The minimum atomic E-state index is -1.24. The molecule has 3 rings (SSSR count). The van der Waals surface area contributed by atoms with Crippen LogP contribution in [-0.4, -0.2) is 68.5 Å². The van der Waals surface area contributed by atoms with E-state index in [4.69, 9.17) is 11.5 Å². The van der Waals surface area contributed by atoms with E-state index in [1.54, 1.807) is 20.8 Å². The number of carbonyl (C=O) groups excluding carboxylic acids is 4. The number of Topliss-reactive ketones (excluding diaryl/α,β-unsaturated/α-hetero) is 2. The zero-order valence-corrected chi connectivity index (χ0v) is 24.1. The molecule has 41 heavy (non-hydrogen) atoms. The zero-order valence-electron chi connectivity index (χ0n) is 24.1. The maximum Gasteiger partial charge on any atom is 0.411 e. The van der Waals surface area contributed by atoms with Gasteiger partial charge in [-0.15, -0.1) is 0 Å². The summed E-state index contributed by atoms with van der Waals surface area (Å²) in [5, 5.41) is 10.2. The molecule has 5 N–H and O–H groups in total. The largest absolute Gasteiger partial charge is 0.506 e. The average Bonchev–Trinajstić information content (AvgIpc) is 2.88. The van der Waals surface area contributed by atoms with E-state index in [1.807, 2.05) is 0 Å². The Hall–Kier alpha value is -4.13. The van der Waals surface area contributed by atoms with Crippen molar-refractivity contribution in [2.24, 2.45) is 23.3 Å². The lowest BCUT2D eigenvalue weighted by atomic mass is 9.83. The van der Waals surface area contributed by atoms with Gasteiger partial charge in [0.1, 0.15) is 22.8 Å². The SMILES string of the molecule is CC(C(=O)c1nc(-c2ccnc(OC(N)=O)c2F)ccc1O)C(=O)C1CCN(C(C)C)CC1.CC(C)(C)OC(N)=O. The molecule has 0 spiro atoms. The fourth-order valence-corrected chi connectivity index (χ4v) is 4.26. The lowest BCUT2D eigenvalue weighted by Crippen LogP contribution is -2.42. The monoisotopic (exact) mass is 575 g/mol. The number of ketones is 2. The van der Waals surface area contributed by atoms with Crippen molar-refractivity contribution in [3.63, 3.8) is 0 Å². The van der Waals surface area contributed by atoms with E-state index >= 15 is 0 Å². The molecule has 1 atom stereocenters. The molecule has 1 aliphatic rings. The normalized spacial score (nSPS) is 14.9. The summed E-state index contributed by atoms with van der Waals surface area (Å²) in [4.78, 5) is 57.0. The van der Waals surface area contributed by atoms with Gasteiger partial charge < -0.3 is 30.9 Å². The third kappa shape index (κ3) is 9.48. The lowest BCUT2D eigenvalue weighted by molar-refractivity contribution is -0.126. The van der Waals surface area contributed by atoms with Crippen LogP contribution in [0.1, 0.15) is 64.9 Å². The standard InChI is InChI=1S/C23H27FN4O5.C5H11NO2/c1-12(2)28-10-7-14(8-11-28)20(30)13(3)21(31)19-17(29)5-4-16(27-19)15-6-9-26-22(18(15)24)33-23(25)32;1-5(2,3)8-4(6)7/h4-6,9,12-14,29H,7-8,10-11H2,1-3H3,(H2,25,32);1-3H3,(H2,6,7). The van der Waals surface area contributed by atoms with Crippen LogP contribution in [-0.2, 0) is 9.53 Å². The maximum atomic E-state index is 14.7. The molecule has 13 heteroatoms. The summed E-state index contributed by atoms with van der Waals surface area (Å²) in [6.45, 7) is 12.6. The first kappa shape index (κ1) is 33.1. The number of halogens is 1. The topological polar surface area (TPSA) is 188 Å². The van der Waals surface area contributed by atoms with Gasteiger partial charge in [-0.1, -0.05) is 0 Å². The molecule has 12 nitrogen and oxygen atoms in total. The van der Waals surface area contributed by atoms with E-state index in [2.05, 4.69) is 38.2 Å². The van der Waals surface area contributed by atoms with Crippen LogP contribution < -0.4 is 16.2 Å². The van der Waals surface area contributed by atoms with Gasteiger partial charge in [0.15, 0.2) is 11.6 Å². The van der Waals surface area contributed by atoms with E-state index in [1.165, 1.54) is 31.3 Å². The number of aromatic nitrogens is 2. The summed E-state index contributed by atoms with van der Waals surface area (Å²) in [6, 6.07) is 4.16. The second-order valence-electron chi connectivity index (χ2n) is 10.9. The predicted molar refractivity (Wildman–Crippen MR) is 148 cm³/mol. The van der Waals surface area contributed by atoms with Crippen molar-refractivity contribution in [1.29, 1.82) is 0 Å². The van der Waals surface area contributed by atoms with Crippen molar-refractivity contribution in [2.45, 2.75) is 66.0 Å². The van der Waals surface area contributed by atoms with Gasteiger partial charge in [-0.05, 0) is 85.7 Å². The van der Waals surface area contributed by atoms with Gasteiger partial charge in [0.05, 0.1) is 11.6 Å². The number of pyridine rings is 2. The van der Waals surface area contributed by atoms with Gasteiger partial charge >= 0.3 is 12.2 Å². The Morgan fingerprint density at radius 3 is 2.15 bits per heavy atom. The summed E-state index contributed by atoms with van der Waals surface area (Å²) < 4.78 is 23.8. The first-order valence-corrected chi connectivity index (χ1v) is 13.1. The van der Waals surface area contributed by atoms with E-state index in [0.717, 1.165) is 13.1 Å². The molecule has 1 saturated heterocycles. The first-order valence-electron chi connectivity index (χ1n) is 13.1. The molecule has 1 unspecified atom stereocenters. The number of primary amides is 2. The van der Waals surface area contributed by atoms with E-state index in [0.29, 0.717) is 18.9 Å². The molecule has 0 saturated carbocycles. The number of amides is 2. The number of aromatic hydroxyl groups is 1. The highest BCUT2D eigenvalue weighted by Crippen LogP contribution is 2.30. The van der Waals surface area contributed by atoms with Crippen LogP contribution >= 0.6 is 0 Å². The van der Waals surface area contributed by atoms with Crippen molar-refractivity contribution >= 4 is 23.8 Å². The van der Waals surface area contributed by atoms with Crippen LogP contribution in [0, 0.1) is 17.7 Å². The molecule has 2 amide bonds. The van der Waals surface area contributed by atoms with Crippen molar-refractivity contribution < 1.29 is 38.1 Å². The predicted octanol–water partition coefficient (Wildman–Crippen LogP) is 3.83. The minimum absolute atomic E-state index is 0.00439. The van der Waals surface area contributed by atoms with Gasteiger partial charge in [-0.2, -0.15) is 0 Å². The Morgan fingerprint density at radius 2 is 1.66 bits per heavy atom. The van der Waals surface area contributed by atoms with Crippen LogP contribution in [0.5, 0.6) is 11.6 Å². The quantitative estimate of drug-likeness (QED) is 0.323. The molecule has 0 bridgehead atoms. The summed E-state index contributed by atoms with van der Waals surface area (Å²) >= 11 is 0. The molecule has 0 aromatic carbocycles. The number of piperidine rings is 1. The van der Waals surface area contributed by atoms with Crippen molar-refractivity contribution in [3.05, 3.63) is 35.9 Å². The summed E-state index contributed by atoms with van der Waals surface area (Å²) in [7, 11) is 0. The van der Waals surface area contributed by atoms with Gasteiger partial charge in [-0.3, -0.25) is 9.59 Å². The summed E-state index contributed by atoms with van der Waals surface area (Å²) in [6.07, 6.45) is 0.553. The number of hydrogen-bond acceptors (Lipinski definition) is 10. The smallest absolute Gasteiger partial charge is 0.411 e. The van der Waals surface area contributed by atoms with Crippen LogP contribution in [0.3, 0.4) is 0 Å². The molecule has 1 fully saturated rings. The van der Waals surface area contributed by atoms with Gasteiger partial charge in [-0.25, -0.2) is 23.9 Å². The number of carbonyl (C=O) groups is 4. The number of nitrogens with two attached hydrogens (primary N) is 2. The number of likely N-dealkylation sites (tertiary alicyclic amines) is 1. The van der Waals surface area contributed by atoms with Crippen LogP contribution in [0.4, 0.5) is 14.0 Å². The Kier molecular flexibility index (Phi) is 11.3. The van der Waals surface area contributed by atoms with Crippen molar-refractivity contribution in [3.8, 4) is 22.9 Å². The third-order valence-electron chi connectivity index (χ3n) is 6.33. The van der Waals surface area contributed by atoms with Crippen LogP contribution in [0.25, 0.3) is 11.3 Å². The van der Waals surface area contributed by atoms with E-state index in [-0.39, 0.29) is 28.7 Å². The maximum absolute atomic E-state index is 14.7.